The molecule has 3 nitrogen and oxygen atoms in total. The maximum atomic E-state index is 4.47. The van der Waals surface area contributed by atoms with Gasteiger partial charge in [0, 0.05) is 12.4 Å². The van der Waals surface area contributed by atoms with E-state index in [4.69, 9.17) is 0 Å². The molecular formula is C10H11N3. The lowest BCUT2D eigenvalue weighted by Crippen LogP contribution is -1.94. The Bertz CT molecular complexity index is 423. The number of hydrogen-bond donors (Lipinski definition) is 0. The quantitative estimate of drug-likeness (QED) is 0.663. The second-order valence-electron chi connectivity index (χ2n) is 3.31. The molecule has 2 aromatic heterocycles. The van der Waals surface area contributed by atoms with Crippen molar-refractivity contribution in [1.29, 1.82) is 0 Å². The minimum absolute atomic E-state index is 0.421. The van der Waals surface area contributed by atoms with E-state index in [9.17, 15) is 0 Å². The van der Waals surface area contributed by atoms with Crippen molar-refractivity contribution < 1.29 is 0 Å². The largest absolute Gasteiger partial charge is 0.262 e. The van der Waals surface area contributed by atoms with E-state index >= 15 is 0 Å². The smallest absolute Gasteiger partial charge is 0.107 e. The van der Waals surface area contributed by atoms with Crippen LogP contribution in [0.2, 0.25) is 0 Å². The minimum atomic E-state index is 0.421. The highest BCUT2D eigenvalue weighted by Gasteiger charge is 2.02. The summed E-state index contributed by atoms with van der Waals surface area (Å²) in [5.74, 6) is 0.421. The van der Waals surface area contributed by atoms with Gasteiger partial charge in [0.25, 0.3) is 0 Å². The first kappa shape index (κ1) is 8.10. The van der Waals surface area contributed by atoms with Crippen molar-refractivity contribution in [2.45, 2.75) is 19.8 Å². The summed E-state index contributed by atoms with van der Waals surface area (Å²) in [6, 6.07) is 1.88. The van der Waals surface area contributed by atoms with Crippen LogP contribution in [0.25, 0.3) is 11.0 Å². The molecule has 0 bridgehead atoms. The molecule has 2 aromatic rings. The molecule has 3 heteroatoms. The Morgan fingerprint density at radius 3 is 2.77 bits per heavy atom. The highest BCUT2D eigenvalue weighted by molar-refractivity contribution is 5.72. The molecule has 2 heterocycles. The van der Waals surface area contributed by atoms with E-state index in [1.165, 1.54) is 0 Å². The lowest BCUT2D eigenvalue weighted by molar-refractivity contribution is 0.821. The van der Waals surface area contributed by atoms with Gasteiger partial charge in [0.05, 0.1) is 17.4 Å². The van der Waals surface area contributed by atoms with Crippen LogP contribution in [0.1, 0.15) is 25.5 Å². The molecule has 0 amide bonds. The summed E-state index contributed by atoms with van der Waals surface area (Å²) in [7, 11) is 0. The normalized spacial score (nSPS) is 11.0. The van der Waals surface area contributed by atoms with Crippen LogP contribution in [0.15, 0.2) is 24.7 Å². The predicted molar refractivity (Wildman–Crippen MR) is 51.4 cm³/mol. The lowest BCUT2D eigenvalue weighted by Gasteiger charge is -2.03. The average molecular weight is 173 g/mol. The van der Waals surface area contributed by atoms with E-state index in [0.29, 0.717) is 5.92 Å². The minimum Gasteiger partial charge on any atom is -0.262 e. The summed E-state index contributed by atoms with van der Waals surface area (Å²) in [6.07, 6.45) is 5.28. The third-order valence-corrected chi connectivity index (χ3v) is 1.95. The SMILES string of the molecule is CC(C)c1cnc2cnccc2n1. The molecule has 0 spiro atoms. The molecule has 0 radical (unpaired) electrons. The monoisotopic (exact) mass is 173 g/mol. The van der Waals surface area contributed by atoms with Gasteiger partial charge < -0.3 is 0 Å². The fraction of sp³-hybridized carbons (Fsp3) is 0.300. The first-order chi connectivity index (χ1) is 6.27. The van der Waals surface area contributed by atoms with Crippen molar-refractivity contribution in [2.75, 3.05) is 0 Å². The van der Waals surface area contributed by atoms with E-state index in [-0.39, 0.29) is 0 Å². The highest BCUT2D eigenvalue weighted by Crippen LogP contribution is 2.13. The van der Waals surface area contributed by atoms with Crippen LogP contribution in [-0.4, -0.2) is 15.0 Å². The lowest BCUT2D eigenvalue weighted by atomic mass is 10.1. The number of rotatable bonds is 1. The Morgan fingerprint density at radius 1 is 1.15 bits per heavy atom. The molecule has 0 fully saturated rings. The Balaban J connectivity index is 2.62. The summed E-state index contributed by atoms with van der Waals surface area (Å²) < 4.78 is 0. The standard InChI is InChI=1S/C10H11N3/c1-7(2)9-6-12-10-5-11-4-3-8(10)13-9/h3-7H,1-2H3. The van der Waals surface area contributed by atoms with Crippen LogP contribution in [-0.2, 0) is 0 Å². The zero-order valence-electron chi connectivity index (χ0n) is 7.73. The van der Waals surface area contributed by atoms with E-state index in [0.717, 1.165) is 16.7 Å². The Labute approximate surface area is 76.9 Å². The predicted octanol–water partition coefficient (Wildman–Crippen LogP) is 2.15. The van der Waals surface area contributed by atoms with Gasteiger partial charge in [-0.3, -0.25) is 9.97 Å². The van der Waals surface area contributed by atoms with Crippen molar-refractivity contribution in [2.24, 2.45) is 0 Å². The number of hydrogen-bond acceptors (Lipinski definition) is 3. The number of aromatic nitrogens is 3. The summed E-state index contributed by atoms with van der Waals surface area (Å²) in [5.41, 5.74) is 2.80. The zero-order valence-corrected chi connectivity index (χ0v) is 7.73. The van der Waals surface area contributed by atoms with Crippen molar-refractivity contribution >= 4 is 11.0 Å². The molecule has 13 heavy (non-hydrogen) atoms. The maximum Gasteiger partial charge on any atom is 0.107 e. The first-order valence-corrected chi connectivity index (χ1v) is 4.34. The molecule has 66 valence electrons. The van der Waals surface area contributed by atoms with Gasteiger partial charge in [-0.15, -0.1) is 0 Å². The van der Waals surface area contributed by atoms with Crippen LogP contribution < -0.4 is 0 Å². The molecule has 0 aromatic carbocycles. The van der Waals surface area contributed by atoms with E-state index < -0.39 is 0 Å². The molecule has 0 aliphatic carbocycles. The Morgan fingerprint density at radius 2 is 2.00 bits per heavy atom. The van der Waals surface area contributed by atoms with Gasteiger partial charge in [-0.25, -0.2) is 4.98 Å². The molecule has 2 rings (SSSR count). The van der Waals surface area contributed by atoms with Crippen LogP contribution in [0.5, 0.6) is 0 Å². The van der Waals surface area contributed by atoms with Gasteiger partial charge in [-0.05, 0) is 12.0 Å². The number of nitrogens with zero attached hydrogens (tertiary/aromatic N) is 3. The van der Waals surface area contributed by atoms with Crippen LogP contribution in [0.4, 0.5) is 0 Å². The summed E-state index contributed by atoms with van der Waals surface area (Å²) >= 11 is 0. The summed E-state index contributed by atoms with van der Waals surface area (Å²) in [6.45, 7) is 4.22. The first-order valence-electron chi connectivity index (χ1n) is 4.34. The van der Waals surface area contributed by atoms with E-state index in [1.807, 2.05) is 12.3 Å². The van der Waals surface area contributed by atoms with Gasteiger partial charge in [0.2, 0.25) is 0 Å². The second-order valence-corrected chi connectivity index (χ2v) is 3.31. The van der Waals surface area contributed by atoms with Gasteiger partial charge in [0.15, 0.2) is 0 Å². The zero-order chi connectivity index (χ0) is 9.26. The van der Waals surface area contributed by atoms with E-state index in [2.05, 4.69) is 28.8 Å². The van der Waals surface area contributed by atoms with Crippen molar-refractivity contribution in [3.05, 3.63) is 30.4 Å². The van der Waals surface area contributed by atoms with Crippen LogP contribution in [0.3, 0.4) is 0 Å². The van der Waals surface area contributed by atoms with Crippen molar-refractivity contribution in [3.63, 3.8) is 0 Å². The highest BCUT2D eigenvalue weighted by atomic mass is 14.8. The number of fused-ring (bicyclic) bond motifs is 1. The molecule has 0 saturated carbocycles. The van der Waals surface area contributed by atoms with Gasteiger partial charge in [-0.2, -0.15) is 0 Å². The van der Waals surface area contributed by atoms with Crippen molar-refractivity contribution in [3.8, 4) is 0 Å². The Hall–Kier alpha value is -1.51. The molecule has 0 unspecified atom stereocenters. The molecule has 0 aliphatic heterocycles. The fourth-order valence-corrected chi connectivity index (χ4v) is 1.15. The fourth-order valence-electron chi connectivity index (χ4n) is 1.15. The average Bonchev–Trinajstić information content (AvgIpc) is 2.17. The summed E-state index contributed by atoms with van der Waals surface area (Å²) in [5, 5.41) is 0. The van der Waals surface area contributed by atoms with Gasteiger partial charge in [-0.1, -0.05) is 13.8 Å². The second kappa shape index (κ2) is 3.09. The van der Waals surface area contributed by atoms with Gasteiger partial charge in [0.1, 0.15) is 5.52 Å². The van der Waals surface area contributed by atoms with Gasteiger partial charge >= 0.3 is 0 Å². The summed E-state index contributed by atoms with van der Waals surface area (Å²) in [4.78, 5) is 12.7. The maximum absolute atomic E-state index is 4.47. The molecule has 0 saturated heterocycles. The Kier molecular flexibility index (Phi) is 1.93. The van der Waals surface area contributed by atoms with Crippen LogP contribution >= 0.6 is 0 Å². The van der Waals surface area contributed by atoms with E-state index in [1.54, 1.807) is 12.4 Å². The third kappa shape index (κ3) is 1.49. The molecule has 0 N–H and O–H groups in total. The molecular weight excluding hydrogens is 162 g/mol. The number of pyridine rings is 1. The van der Waals surface area contributed by atoms with Crippen LogP contribution in [0, 0.1) is 0 Å². The topological polar surface area (TPSA) is 38.7 Å². The molecule has 0 atom stereocenters. The molecule has 0 aliphatic rings. The van der Waals surface area contributed by atoms with Crippen molar-refractivity contribution in [1.82, 2.24) is 15.0 Å². The third-order valence-electron chi connectivity index (χ3n) is 1.95.